The number of carbonyl (C=O) groups is 1. The van der Waals surface area contributed by atoms with Crippen molar-refractivity contribution < 1.29 is 32.5 Å². The van der Waals surface area contributed by atoms with E-state index in [2.05, 4.69) is 11.3 Å². The summed E-state index contributed by atoms with van der Waals surface area (Å²) < 4.78 is 48.6. The van der Waals surface area contributed by atoms with Gasteiger partial charge in [-0.1, -0.05) is 6.58 Å². The molecule has 0 aliphatic heterocycles. The molecule has 0 aliphatic rings. The topological polar surface area (TPSA) is 55.8 Å². The van der Waals surface area contributed by atoms with Crippen molar-refractivity contribution >= 4 is 28.6 Å². The molecule has 0 heterocycles. The summed E-state index contributed by atoms with van der Waals surface area (Å²) in [6.07, 6.45) is -7.28. The number of esters is 1. The van der Waals surface area contributed by atoms with Crippen molar-refractivity contribution in [2.24, 2.45) is 0 Å². The first-order valence-corrected chi connectivity index (χ1v) is 6.65. The van der Waals surface area contributed by atoms with Gasteiger partial charge in [-0.3, -0.25) is 0 Å². The van der Waals surface area contributed by atoms with Crippen molar-refractivity contribution in [3.05, 3.63) is 33.4 Å². The van der Waals surface area contributed by atoms with Crippen molar-refractivity contribution in [1.29, 1.82) is 0 Å². The molecule has 0 saturated heterocycles. The summed E-state index contributed by atoms with van der Waals surface area (Å²) in [7, 11) is 1.21. The van der Waals surface area contributed by atoms with Crippen LogP contribution in [0, 0.1) is 3.57 Å². The number of carbonyl (C=O) groups excluding carboxylic acids is 1. The van der Waals surface area contributed by atoms with Crippen molar-refractivity contribution in [3.8, 4) is 11.5 Å². The fraction of sp³-hybridized carbons (Fsp3) is 0.308. The molecule has 1 unspecified atom stereocenters. The highest BCUT2D eigenvalue weighted by molar-refractivity contribution is 14.1. The van der Waals surface area contributed by atoms with Gasteiger partial charge in [0.05, 0.1) is 10.7 Å². The fourth-order valence-electron chi connectivity index (χ4n) is 1.43. The predicted octanol–water partition coefficient (Wildman–Crippen LogP) is 3.73. The quantitative estimate of drug-likeness (QED) is 0.462. The Kier molecular flexibility index (Phi) is 5.48. The Hall–Kier alpha value is -1.45. The number of methoxy groups -OCH3 is 1. The second kappa shape index (κ2) is 6.54. The van der Waals surface area contributed by atoms with E-state index in [1.54, 1.807) is 22.6 Å². The van der Waals surface area contributed by atoms with Crippen molar-refractivity contribution in [2.45, 2.75) is 19.2 Å². The van der Waals surface area contributed by atoms with Crippen LogP contribution in [0.25, 0.3) is 0 Å². The number of phenolic OH excluding ortho intramolecular Hbond substituents is 1. The van der Waals surface area contributed by atoms with E-state index in [4.69, 9.17) is 4.74 Å². The average molecular weight is 416 g/mol. The third kappa shape index (κ3) is 4.26. The Morgan fingerprint density at radius 3 is 2.43 bits per heavy atom. The third-order valence-corrected chi connectivity index (χ3v) is 3.27. The van der Waals surface area contributed by atoms with Gasteiger partial charge >= 0.3 is 12.1 Å². The molecular weight excluding hydrogens is 404 g/mol. The van der Waals surface area contributed by atoms with E-state index >= 15 is 0 Å². The fourth-order valence-corrected chi connectivity index (χ4v) is 2.06. The van der Waals surface area contributed by atoms with E-state index in [1.165, 1.54) is 14.0 Å². The highest BCUT2D eigenvalue weighted by Gasteiger charge is 2.44. The lowest BCUT2D eigenvalue weighted by Gasteiger charge is -2.22. The Labute approximate surface area is 132 Å². The molecule has 116 valence electrons. The summed E-state index contributed by atoms with van der Waals surface area (Å²) in [5.74, 6) is -1.58. The van der Waals surface area contributed by atoms with E-state index in [-0.39, 0.29) is 26.2 Å². The van der Waals surface area contributed by atoms with Gasteiger partial charge in [0.2, 0.25) is 6.10 Å². The number of ether oxygens (including phenoxy) is 2. The third-order valence-electron chi connectivity index (χ3n) is 2.44. The maximum atomic E-state index is 13.1. The lowest BCUT2D eigenvalue weighted by atomic mass is 10.1. The van der Waals surface area contributed by atoms with Gasteiger partial charge in [-0.25, -0.2) is 4.79 Å². The van der Waals surface area contributed by atoms with Crippen LogP contribution in [0.2, 0.25) is 0 Å². The molecule has 1 N–H and O–H groups in total. The number of benzene rings is 1. The smallest absolute Gasteiger partial charge is 0.429 e. The molecule has 4 nitrogen and oxygen atoms in total. The molecule has 21 heavy (non-hydrogen) atoms. The Morgan fingerprint density at radius 2 is 2.00 bits per heavy atom. The van der Waals surface area contributed by atoms with Gasteiger partial charge in [0.1, 0.15) is 0 Å². The Bertz CT molecular complexity index is 569. The first-order valence-electron chi connectivity index (χ1n) is 5.57. The summed E-state index contributed by atoms with van der Waals surface area (Å²) in [4.78, 5) is 11.4. The lowest BCUT2D eigenvalue weighted by molar-refractivity contribution is -0.222. The van der Waals surface area contributed by atoms with Crippen LogP contribution in [-0.4, -0.2) is 24.4 Å². The summed E-state index contributed by atoms with van der Waals surface area (Å²) in [6.45, 7) is 4.49. The Morgan fingerprint density at radius 1 is 1.43 bits per heavy atom. The summed E-state index contributed by atoms with van der Waals surface area (Å²) in [6, 6.07) is 2.05. The minimum atomic E-state index is -4.81. The van der Waals surface area contributed by atoms with E-state index in [1.807, 2.05) is 0 Å². The average Bonchev–Trinajstić information content (AvgIpc) is 2.37. The Balaban J connectivity index is 3.30. The van der Waals surface area contributed by atoms with E-state index in [9.17, 15) is 23.1 Å². The van der Waals surface area contributed by atoms with Crippen molar-refractivity contribution in [2.75, 3.05) is 7.11 Å². The van der Waals surface area contributed by atoms with E-state index < -0.39 is 18.2 Å². The minimum Gasteiger partial charge on any atom is -0.504 e. The molecular formula is C13H12F3IO4. The highest BCUT2D eigenvalue weighted by Crippen LogP contribution is 2.41. The van der Waals surface area contributed by atoms with Crippen LogP contribution in [0.4, 0.5) is 13.2 Å². The van der Waals surface area contributed by atoms with Crippen molar-refractivity contribution in [3.63, 3.8) is 0 Å². The number of aromatic hydroxyl groups is 1. The predicted molar refractivity (Wildman–Crippen MR) is 77.1 cm³/mol. The van der Waals surface area contributed by atoms with Gasteiger partial charge in [0.25, 0.3) is 0 Å². The molecule has 0 aromatic heterocycles. The first-order chi connectivity index (χ1) is 9.57. The minimum absolute atomic E-state index is 0.141. The van der Waals surface area contributed by atoms with Gasteiger partial charge in [0.15, 0.2) is 11.5 Å². The van der Waals surface area contributed by atoms with Crippen LogP contribution in [0.5, 0.6) is 11.5 Å². The summed E-state index contributed by atoms with van der Waals surface area (Å²) in [5.41, 5.74) is -0.499. The second-order valence-corrected chi connectivity index (χ2v) is 5.32. The lowest BCUT2D eigenvalue weighted by Crippen LogP contribution is -2.26. The van der Waals surface area contributed by atoms with Crippen LogP contribution in [0.15, 0.2) is 24.3 Å². The summed E-state index contributed by atoms with van der Waals surface area (Å²) in [5, 5.41) is 9.64. The zero-order chi connectivity index (χ0) is 16.4. The molecule has 0 saturated carbocycles. The molecule has 0 bridgehead atoms. The van der Waals surface area contributed by atoms with Crippen LogP contribution < -0.4 is 4.74 Å². The van der Waals surface area contributed by atoms with Gasteiger partial charge < -0.3 is 14.6 Å². The maximum Gasteiger partial charge on any atom is 0.429 e. The molecule has 1 rings (SSSR count). The number of hydrogen-bond donors (Lipinski definition) is 1. The summed E-state index contributed by atoms with van der Waals surface area (Å²) >= 11 is 1.65. The van der Waals surface area contributed by atoms with Crippen LogP contribution in [-0.2, 0) is 9.53 Å². The van der Waals surface area contributed by atoms with E-state index in [0.29, 0.717) is 0 Å². The maximum absolute atomic E-state index is 13.1. The zero-order valence-corrected chi connectivity index (χ0v) is 13.3. The first kappa shape index (κ1) is 17.6. The van der Waals surface area contributed by atoms with Crippen LogP contribution in [0.3, 0.4) is 0 Å². The number of phenols is 1. The van der Waals surface area contributed by atoms with Crippen LogP contribution >= 0.6 is 22.6 Å². The number of halogens is 4. The molecule has 0 aliphatic carbocycles. The SMILES string of the molecule is C=C(C)C(=O)OC(c1cc(I)c(O)c(OC)c1)C(F)(F)F. The zero-order valence-electron chi connectivity index (χ0n) is 11.1. The van der Waals surface area contributed by atoms with Crippen LogP contribution in [0.1, 0.15) is 18.6 Å². The molecule has 0 spiro atoms. The number of rotatable bonds is 4. The molecule has 1 aromatic rings. The molecule has 0 radical (unpaired) electrons. The number of alkyl halides is 3. The van der Waals surface area contributed by atoms with E-state index in [0.717, 1.165) is 12.1 Å². The largest absolute Gasteiger partial charge is 0.504 e. The molecule has 8 heteroatoms. The monoisotopic (exact) mass is 416 g/mol. The standard InChI is InChI=1S/C13H12F3IO4/c1-6(2)12(19)21-11(13(14,15)16)7-4-8(17)10(18)9(5-7)20-3/h4-5,11,18H,1H2,2-3H3. The number of hydrogen-bond acceptors (Lipinski definition) is 4. The van der Waals surface area contributed by atoms with Gasteiger partial charge in [-0.2, -0.15) is 13.2 Å². The highest BCUT2D eigenvalue weighted by atomic mass is 127. The van der Waals surface area contributed by atoms with Gasteiger partial charge in [-0.15, -0.1) is 0 Å². The molecule has 0 amide bonds. The normalized spacial score (nSPS) is 12.7. The molecule has 1 aromatic carbocycles. The molecule has 0 fully saturated rings. The van der Waals surface area contributed by atoms with Gasteiger partial charge in [-0.05, 0) is 41.6 Å². The second-order valence-electron chi connectivity index (χ2n) is 4.16. The van der Waals surface area contributed by atoms with Gasteiger partial charge in [0, 0.05) is 11.1 Å². The molecule has 1 atom stereocenters. The van der Waals surface area contributed by atoms with Crippen molar-refractivity contribution in [1.82, 2.24) is 0 Å².